The van der Waals surface area contributed by atoms with Gasteiger partial charge in [-0.05, 0) is 29.3 Å². The fraction of sp³-hybridized carbons (Fsp3) is 0.235. The molecule has 0 N–H and O–H groups in total. The molecule has 3 aliphatic heterocycles. The fourth-order valence-electron chi connectivity index (χ4n) is 3.20. The van der Waals surface area contributed by atoms with Crippen molar-refractivity contribution in [3.8, 4) is 23.0 Å². The Morgan fingerprint density at radius 3 is 2.65 bits per heavy atom. The number of hydrogen-bond acceptors (Lipinski definition) is 5. The van der Waals surface area contributed by atoms with E-state index in [2.05, 4.69) is 0 Å². The second-order valence-electron chi connectivity index (χ2n) is 5.68. The predicted octanol–water partition coefficient (Wildman–Crippen LogP) is 2.30. The van der Waals surface area contributed by atoms with Crippen LogP contribution in [0.1, 0.15) is 21.5 Å². The second-order valence-corrected chi connectivity index (χ2v) is 5.68. The van der Waals surface area contributed by atoms with Crippen LogP contribution in [0.25, 0.3) is 0 Å². The van der Waals surface area contributed by atoms with E-state index in [0.717, 1.165) is 22.6 Å². The summed E-state index contributed by atoms with van der Waals surface area (Å²) >= 11 is 0. The molecule has 0 spiro atoms. The fourth-order valence-corrected chi connectivity index (χ4v) is 3.20. The van der Waals surface area contributed by atoms with E-state index in [1.807, 2.05) is 30.3 Å². The number of nitrogens with zero attached hydrogens (tertiary/aromatic N) is 1. The van der Waals surface area contributed by atoms with Gasteiger partial charge in [-0.2, -0.15) is 0 Å². The summed E-state index contributed by atoms with van der Waals surface area (Å²) in [6.45, 7) is 1.50. The van der Waals surface area contributed by atoms with Crippen LogP contribution in [0.2, 0.25) is 0 Å². The molecule has 2 aromatic rings. The lowest BCUT2D eigenvalue weighted by molar-refractivity contribution is 0.0763. The summed E-state index contributed by atoms with van der Waals surface area (Å²) in [6.07, 6.45) is 0. The molecule has 23 heavy (non-hydrogen) atoms. The maximum Gasteiger partial charge on any atom is 0.258 e. The lowest BCUT2D eigenvalue weighted by Gasteiger charge is -2.16. The van der Waals surface area contributed by atoms with Gasteiger partial charge in [0.2, 0.25) is 13.6 Å². The van der Waals surface area contributed by atoms with E-state index in [4.69, 9.17) is 18.9 Å². The second kappa shape index (κ2) is 4.55. The summed E-state index contributed by atoms with van der Waals surface area (Å²) < 4.78 is 21.5. The summed E-state index contributed by atoms with van der Waals surface area (Å²) in [6, 6.07) is 9.54. The topological polar surface area (TPSA) is 57.2 Å². The molecule has 1 amide bonds. The van der Waals surface area contributed by atoms with Crippen molar-refractivity contribution < 1.29 is 23.7 Å². The zero-order valence-electron chi connectivity index (χ0n) is 12.2. The van der Waals surface area contributed by atoms with Crippen LogP contribution in [0.15, 0.2) is 30.3 Å². The van der Waals surface area contributed by atoms with Gasteiger partial charge < -0.3 is 23.8 Å². The molecule has 3 heterocycles. The van der Waals surface area contributed by atoms with Crippen LogP contribution in [0.4, 0.5) is 0 Å². The number of fused-ring (bicyclic) bond motifs is 4. The number of ether oxygens (including phenoxy) is 4. The predicted molar refractivity (Wildman–Crippen MR) is 78.7 cm³/mol. The first kappa shape index (κ1) is 12.6. The van der Waals surface area contributed by atoms with Crippen molar-refractivity contribution in [2.45, 2.75) is 13.1 Å². The lowest BCUT2D eigenvalue weighted by atomic mass is 10.1. The minimum atomic E-state index is -0.0278. The average molecular weight is 311 g/mol. The first-order chi connectivity index (χ1) is 11.3. The molecule has 6 nitrogen and oxygen atoms in total. The van der Waals surface area contributed by atoms with Crippen LogP contribution in [-0.2, 0) is 13.1 Å². The van der Waals surface area contributed by atoms with Crippen molar-refractivity contribution in [2.75, 3.05) is 13.6 Å². The standard InChI is InChI=1S/C17H13NO5/c19-17-15-11(2-4-13-16(15)23-9-21-13)7-18(17)6-10-1-3-12-14(5-10)22-8-20-12/h1-5H,6-9H2. The van der Waals surface area contributed by atoms with Crippen LogP contribution in [0.3, 0.4) is 0 Å². The van der Waals surface area contributed by atoms with Crippen molar-refractivity contribution in [1.82, 2.24) is 4.90 Å². The van der Waals surface area contributed by atoms with Gasteiger partial charge in [0.05, 0.1) is 5.56 Å². The third-order valence-corrected chi connectivity index (χ3v) is 4.30. The number of hydrogen-bond donors (Lipinski definition) is 0. The van der Waals surface area contributed by atoms with Gasteiger partial charge in [0.15, 0.2) is 23.0 Å². The molecule has 6 heteroatoms. The van der Waals surface area contributed by atoms with Gasteiger partial charge in [0.25, 0.3) is 5.91 Å². The minimum Gasteiger partial charge on any atom is -0.454 e. The van der Waals surface area contributed by atoms with Gasteiger partial charge in [-0.1, -0.05) is 12.1 Å². The normalized spacial score (nSPS) is 16.9. The van der Waals surface area contributed by atoms with Crippen molar-refractivity contribution in [1.29, 1.82) is 0 Å². The lowest BCUT2D eigenvalue weighted by Crippen LogP contribution is -2.23. The Balaban J connectivity index is 1.44. The molecule has 0 aliphatic carbocycles. The van der Waals surface area contributed by atoms with E-state index < -0.39 is 0 Å². The first-order valence-electron chi connectivity index (χ1n) is 7.39. The summed E-state index contributed by atoms with van der Waals surface area (Å²) in [5.41, 5.74) is 2.60. The summed E-state index contributed by atoms with van der Waals surface area (Å²) in [7, 11) is 0. The number of rotatable bonds is 2. The Morgan fingerprint density at radius 2 is 1.70 bits per heavy atom. The van der Waals surface area contributed by atoms with Crippen molar-refractivity contribution in [3.05, 3.63) is 47.0 Å². The third-order valence-electron chi connectivity index (χ3n) is 4.30. The van der Waals surface area contributed by atoms with Gasteiger partial charge in [-0.15, -0.1) is 0 Å². The molecule has 0 saturated heterocycles. The van der Waals surface area contributed by atoms with E-state index in [9.17, 15) is 4.79 Å². The van der Waals surface area contributed by atoms with Gasteiger partial charge in [-0.25, -0.2) is 0 Å². The van der Waals surface area contributed by atoms with E-state index in [1.54, 1.807) is 4.90 Å². The zero-order chi connectivity index (χ0) is 15.4. The minimum absolute atomic E-state index is 0.0278. The monoisotopic (exact) mass is 311 g/mol. The average Bonchev–Trinajstić information content (AvgIpc) is 3.26. The smallest absolute Gasteiger partial charge is 0.258 e. The van der Waals surface area contributed by atoms with E-state index in [1.165, 1.54) is 0 Å². The number of carbonyl (C=O) groups excluding carboxylic acids is 1. The van der Waals surface area contributed by atoms with Crippen LogP contribution in [-0.4, -0.2) is 24.4 Å². The van der Waals surface area contributed by atoms with Gasteiger partial charge >= 0.3 is 0 Å². The highest BCUT2D eigenvalue weighted by Crippen LogP contribution is 2.42. The molecule has 3 aliphatic rings. The Bertz CT molecular complexity index is 832. The molecule has 0 radical (unpaired) electrons. The molecule has 0 aromatic heterocycles. The Kier molecular flexibility index (Phi) is 2.50. The summed E-state index contributed by atoms with van der Waals surface area (Å²) in [5.74, 6) is 2.65. The molecule has 0 bridgehead atoms. The number of benzene rings is 2. The highest BCUT2D eigenvalue weighted by atomic mass is 16.7. The molecule has 0 atom stereocenters. The van der Waals surface area contributed by atoms with Crippen molar-refractivity contribution in [3.63, 3.8) is 0 Å². The molecule has 2 aromatic carbocycles. The van der Waals surface area contributed by atoms with E-state index in [0.29, 0.717) is 30.2 Å². The molecule has 0 unspecified atom stereocenters. The summed E-state index contributed by atoms with van der Waals surface area (Å²) in [4.78, 5) is 14.5. The van der Waals surface area contributed by atoms with Gasteiger partial charge in [-0.3, -0.25) is 4.79 Å². The van der Waals surface area contributed by atoms with E-state index in [-0.39, 0.29) is 19.5 Å². The maximum absolute atomic E-state index is 12.7. The van der Waals surface area contributed by atoms with Crippen molar-refractivity contribution >= 4 is 5.91 Å². The largest absolute Gasteiger partial charge is 0.454 e. The summed E-state index contributed by atoms with van der Waals surface area (Å²) in [5, 5.41) is 0. The quantitative estimate of drug-likeness (QED) is 0.852. The van der Waals surface area contributed by atoms with Crippen LogP contribution >= 0.6 is 0 Å². The van der Waals surface area contributed by atoms with E-state index >= 15 is 0 Å². The Morgan fingerprint density at radius 1 is 0.913 bits per heavy atom. The number of amides is 1. The maximum atomic E-state index is 12.7. The molecule has 0 fully saturated rings. The molecule has 5 rings (SSSR count). The highest BCUT2D eigenvalue weighted by molar-refractivity contribution is 6.02. The third kappa shape index (κ3) is 1.84. The molecular weight excluding hydrogens is 298 g/mol. The molecule has 0 saturated carbocycles. The number of carbonyl (C=O) groups is 1. The highest BCUT2D eigenvalue weighted by Gasteiger charge is 2.34. The Hall–Kier alpha value is -2.89. The van der Waals surface area contributed by atoms with Gasteiger partial charge in [0, 0.05) is 13.1 Å². The first-order valence-corrected chi connectivity index (χ1v) is 7.39. The molecular formula is C17H13NO5. The van der Waals surface area contributed by atoms with Gasteiger partial charge in [0.1, 0.15) is 0 Å². The van der Waals surface area contributed by atoms with Crippen molar-refractivity contribution in [2.24, 2.45) is 0 Å². The van der Waals surface area contributed by atoms with Crippen LogP contribution in [0.5, 0.6) is 23.0 Å². The SMILES string of the molecule is O=C1c2c(ccc3c2OCO3)CN1Cc1ccc2c(c1)OCO2. The zero-order valence-corrected chi connectivity index (χ0v) is 12.2. The molecule has 116 valence electrons. The van der Waals surface area contributed by atoms with Crippen LogP contribution < -0.4 is 18.9 Å². The van der Waals surface area contributed by atoms with Crippen LogP contribution in [0, 0.1) is 0 Å². The Labute approximate surface area is 132 Å².